The summed E-state index contributed by atoms with van der Waals surface area (Å²) in [7, 11) is 0. The van der Waals surface area contributed by atoms with Crippen molar-refractivity contribution in [2.45, 2.75) is 58.7 Å². The van der Waals surface area contributed by atoms with Gasteiger partial charge in [0.1, 0.15) is 12.4 Å². The first-order valence-corrected chi connectivity index (χ1v) is 9.51. The van der Waals surface area contributed by atoms with Gasteiger partial charge in [0.15, 0.2) is 0 Å². The normalized spacial score (nSPS) is 14.7. The third kappa shape index (κ3) is 3.95. The molecule has 1 atom stereocenters. The van der Waals surface area contributed by atoms with Crippen LogP contribution < -0.4 is 5.69 Å². The lowest BCUT2D eigenvalue weighted by atomic mass is 10.0. The minimum absolute atomic E-state index is 0.0483. The van der Waals surface area contributed by atoms with Crippen molar-refractivity contribution in [2.24, 2.45) is 0 Å². The zero-order chi connectivity index (χ0) is 19.4. The van der Waals surface area contributed by atoms with Crippen LogP contribution in [0.1, 0.15) is 56.1 Å². The summed E-state index contributed by atoms with van der Waals surface area (Å²) in [5, 5.41) is 13.3. The minimum atomic E-state index is -0.192. The summed E-state index contributed by atoms with van der Waals surface area (Å²) in [5.74, 6) is 0.651. The third-order valence-corrected chi connectivity index (χ3v) is 5.22. The number of aromatic nitrogens is 3. The van der Waals surface area contributed by atoms with E-state index in [1.54, 1.807) is 21.6 Å². The van der Waals surface area contributed by atoms with Crippen LogP contribution >= 0.6 is 0 Å². The lowest BCUT2D eigenvalue weighted by Crippen LogP contribution is -2.38. The summed E-state index contributed by atoms with van der Waals surface area (Å²) in [6.07, 6.45) is 3.90. The fraction of sp³-hybridized carbons (Fsp3) is 0.500. The Bertz CT molecular complexity index is 904. The molecule has 0 saturated heterocycles. The van der Waals surface area contributed by atoms with Crippen LogP contribution in [0.25, 0.3) is 0 Å². The SMILES string of the molecule is CCN(C(=O)Cn1nc2n(c1=O)CCCCC2)C(C)c1ccc(C#N)cc1. The van der Waals surface area contributed by atoms with E-state index < -0.39 is 0 Å². The standard InChI is InChI=1S/C20H25N5O2/c1-3-23(15(2)17-10-8-16(13-21)9-11-17)19(26)14-25-20(27)24-12-6-4-5-7-18(24)22-25/h8-11,15H,3-7,12,14H2,1-2H3. The van der Waals surface area contributed by atoms with Gasteiger partial charge in [-0.25, -0.2) is 9.48 Å². The highest BCUT2D eigenvalue weighted by Gasteiger charge is 2.23. The minimum Gasteiger partial charge on any atom is -0.335 e. The molecule has 1 aromatic carbocycles. The number of aryl methyl sites for hydroxylation is 1. The molecule has 7 heteroatoms. The molecule has 7 nitrogen and oxygen atoms in total. The molecular formula is C20H25N5O2. The molecule has 0 bridgehead atoms. The lowest BCUT2D eigenvalue weighted by Gasteiger charge is -2.28. The number of carbonyl (C=O) groups is 1. The molecule has 0 saturated carbocycles. The van der Waals surface area contributed by atoms with E-state index in [9.17, 15) is 9.59 Å². The Morgan fingerprint density at radius 2 is 2.04 bits per heavy atom. The summed E-state index contributed by atoms with van der Waals surface area (Å²) in [4.78, 5) is 27.2. The maximum atomic E-state index is 12.9. The highest BCUT2D eigenvalue weighted by molar-refractivity contribution is 5.76. The van der Waals surface area contributed by atoms with E-state index in [2.05, 4.69) is 11.2 Å². The molecule has 0 N–H and O–H groups in total. The number of hydrogen-bond acceptors (Lipinski definition) is 4. The second kappa shape index (κ2) is 8.21. The Kier molecular flexibility index (Phi) is 5.75. The van der Waals surface area contributed by atoms with E-state index in [1.165, 1.54) is 4.68 Å². The van der Waals surface area contributed by atoms with Crippen molar-refractivity contribution in [3.8, 4) is 6.07 Å². The Balaban J connectivity index is 1.77. The van der Waals surface area contributed by atoms with Crippen molar-refractivity contribution in [3.05, 3.63) is 51.7 Å². The van der Waals surface area contributed by atoms with E-state index >= 15 is 0 Å². The smallest absolute Gasteiger partial charge is 0.335 e. The number of fused-ring (bicyclic) bond motifs is 1. The first-order chi connectivity index (χ1) is 13.0. The number of nitrogens with zero attached hydrogens (tertiary/aromatic N) is 5. The Labute approximate surface area is 158 Å². The predicted molar refractivity (Wildman–Crippen MR) is 101 cm³/mol. The first kappa shape index (κ1) is 18.9. The first-order valence-electron chi connectivity index (χ1n) is 9.51. The van der Waals surface area contributed by atoms with Crippen LogP contribution in [0, 0.1) is 11.3 Å². The predicted octanol–water partition coefficient (Wildman–Crippen LogP) is 2.25. The quantitative estimate of drug-likeness (QED) is 0.811. The van der Waals surface area contributed by atoms with E-state index in [0.29, 0.717) is 18.7 Å². The van der Waals surface area contributed by atoms with Crippen LogP contribution in [-0.4, -0.2) is 31.7 Å². The Hall–Kier alpha value is -2.88. The summed E-state index contributed by atoms with van der Waals surface area (Å²) in [6.45, 7) is 5.04. The molecule has 1 amide bonds. The van der Waals surface area contributed by atoms with Crippen molar-refractivity contribution in [3.63, 3.8) is 0 Å². The Morgan fingerprint density at radius 3 is 2.70 bits per heavy atom. The lowest BCUT2D eigenvalue weighted by molar-refractivity contribution is -0.134. The van der Waals surface area contributed by atoms with Crippen LogP contribution in [0.3, 0.4) is 0 Å². The average molecular weight is 367 g/mol. The fourth-order valence-electron chi connectivity index (χ4n) is 3.63. The average Bonchev–Trinajstić information content (AvgIpc) is 2.85. The molecule has 2 aromatic rings. The second-order valence-electron chi connectivity index (χ2n) is 6.91. The number of benzene rings is 1. The van der Waals surface area contributed by atoms with Crippen molar-refractivity contribution >= 4 is 5.91 Å². The molecule has 27 heavy (non-hydrogen) atoms. The van der Waals surface area contributed by atoms with Crippen molar-refractivity contribution in [1.82, 2.24) is 19.2 Å². The van der Waals surface area contributed by atoms with Gasteiger partial charge in [-0.1, -0.05) is 18.6 Å². The van der Waals surface area contributed by atoms with Crippen LogP contribution in [0.15, 0.2) is 29.1 Å². The summed E-state index contributed by atoms with van der Waals surface area (Å²) in [6, 6.07) is 9.18. The van der Waals surface area contributed by atoms with Gasteiger partial charge in [-0.2, -0.15) is 10.4 Å². The highest BCUT2D eigenvalue weighted by Crippen LogP contribution is 2.21. The number of likely N-dealkylation sites (N-methyl/N-ethyl adjacent to an activating group) is 1. The zero-order valence-electron chi connectivity index (χ0n) is 15.9. The molecule has 1 aliphatic rings. The van der Waals surface area contributed by atoms with Gasteiger partial charge in [0.2, 0.25) is 5.91 Å². The maximum Gasteiger partial charge on any atom is 0.346 e. The van der Waals surface area contributed by atoms with Gasteiger partial charge < -0.3 is 4.90 Å². The topological polar surface area (TPSA) is 83.9 Å². The molecule has 0 spiro atoms. The molecule has 142 valence electrons. The van der Waals surface area contributed by atoms with Gasteiger partial charge in [0.05, 0.1) is 17.7 Å². The highest BCUT2D eigenvalue weighted by atomic mass is 16.2. The summed E-state index contributed by atoms with van der Waals surface area (Å²) < 4.78 is 3.01. The number of carbonyl (C=O) groups excluding carboxylic acids is 1. The number of nitriles is 1. The number of rotatable bonds is 5. The molecule has 2 heterocycles. The molecular weight excluding hydrogens is 342 g/mol. The molecule has 0 aliphatic carbocycles. The largest absolute Gasteiger partial charge is 0.346 e. The van der Waals surface area contributed by atoms with Crippen molar-refractivity contribution in [2.75, 3.05) is 6.54 Å². The molecule has 0 radical (unpaired) electrons. The molecule has 1 aromatic heterocycles. The molecule has 1 unspecified atom stereocenters. The van der Waals surface area contributed by atoms with Crippen LogP contribution in [0.4, 0.5) is 0 Å². The number of hydrogen-bond donors (Lipinski definition) is 0. The number of amides is 1. The fourth-order valence-corrected chi connectivity index (χ4v) is 3.63. The van der Waals surface area contributed by atoms with Gasteiger partial charge in [0, 0.05) is 19.5 Å². The van der Waals surface area contributed by atoms with E-state index in [1.807, 2.05) is 26.0 Å². The van der Waals surface area contributed by atoms with E-state index in [0.717, 1.165) is 37.1 Å². The maximum absolute atomic E-state index is 12.9. The summed E-state index contributed by atoms with van der Waals surface area (Å²) >= 11 is 0. The van der Waals surface area contributed by atoms with Crippen molar-refractivity contribution in [1.29, 1.82) is 5.26 Å². The molecule has 0 fully saturated rings. The monoisotopic (exact) mass is 367 g/mol. The van der Waals surface area contributed by atoms with E-state index in [4.69, 9.17) is 5.26 Å². The van der Waals surface area contributed by atoms with Crippen LogP contribution in [0.5, 0.6) is 0 Å². The van der Waals surface area contributed by atoms with Crippen LogP contribution in [-0.2, 0) is 24.3 Å². The van der Waals surface area contributed by atoms with Gasteiger partial charge in [-0.15, -0.1) is 0 Å². The second-order valence-corrected chi connectivity index (χ2v) is 6.91. The molecule has 1 aliphatic heterocycles. The van der Waals surface area contributed by atoms with Gasteiger partial charge >= 0.3 is 5.69 Å². The zero-order valence-corrected chi connectivity index (χ0v) is 15.9. The van der Waals surface area contributed by atoms with Crippen molar-refractivity contribution < 1.29 is 4.79 Å². The molecule has 3 rings (SSSR count). The third-order valence-electron chi connectivity index (χ3n) is 5.22. The van der Waals surface area contributed by atoms with Crippen LogP contribution in [0.2, 0.25) is 0 Å². The van der Waals surface area contributed by atoms with E-state index in [-0.39, 0.29) is 24.2 Å². The van der Waals surface area contributed by atoms with Gasteiger partial charge in [-0.3, -0.25) is 9.36 Å². The van der Waals surface area contributed by atoms with Gasteiger partial charge in [-0.05, 0) is 44.4 Å². The summed E-state index contributed by atoms with van der Waals surface area (Å²) in [5.41, 5.74) is 1.35. The van der Waals surface area contributed by atoms with Gasteiger partial charge in [0.25, 0.3) is 0 Å². The Morgan fingerprint density at radius 1 is 1.30 bits per heavy atom.